The molecule has 0 saturated carbocycles. The first-order chi connectivity index (χ1) is 10.6. The Morgan fingerprint density at radius 2 is 2.00 bits per heavy atom. The highest BCUT2D eigenvalue weighted by Crippen LogP contribution is 2.23. The van der Waals surface area contributed by atoms with Crippen LogP contribution in [0.2, 0.25) is 0 Å². The van der Waals surface area contributed by atoms with E-state index >= 15 is 0 Å². The number of nitrogens with zero attached hydrogens (tertiary/aromatic N) is 4. The minimum atomic E-state index is -0.882. The summed E-state index contributed by atoms with van der Waals surface area (Å²) < 4.78 is 15.6. The molecular weight excluding hydrogens is 353 g/mol. The Kier molecular flexibility index (Phi) is 4.04. The average molecular weight is 366 g/mol. The van der Waals surface area contributed by atoms with Crippen molar-refractivity contribution in [2.75, 3.05) is 12.3 Å². The van der Waals surface area contributed by atoms with E-state index in [1.54, 1.807) is 4.57 Å². The monoisotopic (exact) mass is 365 g/mol. The Hall–Kier alpha value is -2.06. The molecule has 0 unspecified atom stereocenters. The summed E-state index contributed by atoms with van der Waals surface area (Å²) in [4.78, 5) is 11.5. The molecule has 8 heteroatoms. The van der Waals surface area contributed by atoms with Crippen LogP contribution in [0.3, 0.4) is 0 Å². The number of rotatable bonds is 4. The predicted octanol–water partition coefficient (Wildman–Crippen LogP) is 1.89. The van der Waals surface area contributed by atoms with Gasteiger partial charge in [0.1, 0.15) is 0 Å². The minimum Gasteiger partial charge on any atom is -0.396 e. The summed E-state index contributed by atoms with van der Waals surface area (Å²) in [5.74, 6) is 0.0102. The highest BCUT2D eigenvalue weighted by Gasteiger charge is 2.15. The molecule has 0 fully saturated rings. The van der Waals surface area contributed by atoms with Crippen LogP contribution in [-0.2, 0) is 13.0 Å². The maximum Gasteiger partial charge on any atom is 0.312 e. The van der Waals surface area contributed by atoms with Crippen LogP contribution in [0.5, 0.6) is 0 Å². The Balaban J connectivity index is 2.03. The van der Waals surface area contributed by atoms with Gasteiger partial charge >= 0.3 is 6.08 Å². The number of fused-ring (bicyclic) bond motifs is 1. The molecule has 0 saturated heterocycles. The molecule has 0 bridgehead atoms. The van der Waals surface area contributed by atoms with Gasteiger partial charge in [-0.25, -0.2) is 4.98 Å². The van der Waals surface area contributed by atoms with E-state index in [0.29, 0.717) is 28.9 Å². The summed E-state index contributed by atoms with van der Waals surface area (Å²) in [7, 11) is 0. The number of nitrogen functional groups attached to an aromatic ring is 1. The second-order valence-electron chi connectivity index (χ2n) is 4.81. The lowest BCUT2D eigenvalue weighted by Gasteiger charge is -2.07. The van der Waals surface area contributed by atoms with E-state index in [2.05, 4.69) is 30.9 Å². The largest absolute Gasteiger partial charge is 0.396 e. The van der Waals surface area contributed by atoms with Gasteiger partial charge in [-0.2, -0.15) is 14.4 Å². The number of aliphatic hydroxyl groups excluding tert-OH is 1. The van der Waals surface area contributed by atoms with Gasteiger partial charge in [0.2, 0.25) is 0 Å². The third-order valence-electron chi connectivity index (χ3n) is 3.28. The lowest BCUT2D eigenvalue weighted by atomic mass is 10.1. The van der Waals surface area contributed by atoms with Crippen LogP contribution in [0, 0.1) is 6.08 Å². The molecule has 22 heavy (non-hydrogen) atoms. The van der Waals surface area contributed by atoms with E-state index in [0.717, 1.165) is 11.1 Å². The van der Waals surface area contributed by atoms with Gasteiger partial charge < -0.3 is 10.8 Å². The van der Waals surface area contributed by atoms with E-state index in [-0.39, 0.29) is 12.4 Å². The second kappa shape index (κ2) is 5.98. The molecular formula is C14H13BrFN5O. The van der Waals surface area contributed by atoms with Crippen molar-refractivity contribution >= 4 is 32.9 Å². The van der Waals surface area contributed by atoms with Crippen LogP contribution < -0.4 is 5.73 Å². The minimum absolute atomic E-state index is 0.0102. The molecule has 0 aliphatic rings. The van der Waals surface area contributed by atoms with Crippen LogP contribution in [-0.4, -0.2) is 31.2 Å². The van der Waals surface area contributed by atoms with Crippen molar-refractivity contribution in [1.29, 1.82) is 0 Å². The van der Waals surface area contributed by atoms with E-state index in [4.69, 9.17) is 10.8 Å². The number of halogens is 2. The van der Waals surface area contributed by atoms with Crippen molar-refractivity contribution in [2.24, 2.45) is 0 Å². The standard InChI is InChI=1S/C14H13BrFN5O/c15-13-18-10-11(17)19-14(16)20-12(10)21(13)7-9-3-1-2-8(6-9)4-5-22/h1-3,6,22H,4-5,7H2,(H2,17,19,20). The Morgan fingerprint density at radius 3 is 2.77 bits per heavy atom. The van der Waals surface area contributed by atoms with Crippen molar-refractivity contribution in [1.82, 2.24) is 19.5 Å². The van der Waals surface area contributed by atoms with Crippen molar-refractivity contribution in [3.63, 3.8) is 0 Å². The zero-order valence-electron chi connectivity index (χ0n) is 11.5. The lowest BCUT2D eigenvalue weighted by molar-refractivity contribution is 0.299. The number of nitrogens with two attached hydrogens (primary N) is 1. The van der Waals surface area contributed by atoms with Crippen LogP contribution >= 0.6 is 15.9 Å². The summed E-state index contributed by atoms with van der Waals surface area (Å²) in [6, 6.07) is 7.79. The van der Waals surface area contributed by atoms with E-state index in [1.165, 1.54) is 0 Å². The summed E-state index contributed by atoms with van der Waals surface area (Å²) in [5, 5.41) is 9.02. The molecule has 0 radical (unpaired) electrons. The maximum atomic E-state index is 13.4. The summed E-state index contributed by atoms with van der Waals surface area (Å²) in [6.07, 6.45) is -0.295. The van der Waals surface area contributed by atoms with Gasteiger partial charge in [-0.05, 0) is 33.5 Å². The fourth-order valence-electron chi connectivity index (χ4n) is 2.30. The SMILES string of the molecule is Nc1nc(F)nc2c1nc(Br)n2Cc1cccc(CCO)c1. The third-order valence-corrected chi connectivity index (χ3v) is 3.89. The second-order valence-corrected chi connectivity index (χ2v) is 5.52. The van der Waals surface area contributed by atoms with Gasteiger partial charge in [0.15, 0.2) is 21.7 Å². The molecule has 0 atom stereocenters. The molecule has 2 aromatic heterocycles. The summed E-state index contributed by atoms with van der Waals surface area (Å²) >= 11 is 3.34. The predicted molar refractivity (Wildman–Crippen MR) is 83.7 cm³/mol. The zero-order chi connectivity index (χ0) is 15.7. The van der Waals surface area contributed by atoms with Gasteiger partial charge in [-0.15, -0.1) is 0 Å². The molecule has 1 aromatic carbocycles. The molecule has 3 N–H and O–H groups in total. The number of benzene rings is 1. The number of aromatic nitrogens is 4. The Morgan fingerprint density at radius 1 is 1.23 bits per heavy atom. The number of aliphatic hydroxyl groups is 1. The van der Waals surface area contributed by atoms with Crippen molar-refractivity contribution in [3.8, 4) is 0 Å². The first-order valence-electron chi connectivity index (χ1n) is 6.62. The van der Waals surface area contributed by atoms with E-state index in [9.17, 15) is 4.39 Å². The third kappa shape index (κ3) is 2.79. The van der Waals surface area contributed by atoms with E-state index < -0.39 is 6.08 Å². The van der Waals surface area contributed by atoms with Gasteiger partial charge in [0, 0.05) is 6.61 Å². The summed E-state index contributed by atoms with van der Waals surface area (Å²) in [5.41, 5.74) is 8.40. The quantitative estimate of drug-likeness (QED) is 0.544. The fourth-order valence-corrected chi connectivity index (χ4v) is 2.77. The van der Waals surface area contributed by atoms with Crippen LogP contribution in [0.15, 0.2) is 29.0 Å². The van der Waals surface area contributed by atoms with Crippen molar-refractivity contribution < 1.29 is 9.50 Å². The van der Waals surface area contributed by atoms with Crippen LogP contribution in [0.25, 0.3) is 11.2 Å². The highest BCUT2D eigenvalue weighted by atomic mass is 79.9. The van der Waals surface area contributed by atoms with Crippen LogP contribution in [0.1, 0.15) is 11.1 Å². The molecule has 0 amide bonds. The van der Waals surface area contributed by atoms with Crippen LogP contribution in [0.4, 0.5) is 10.2 Å². The molecule has 3 aromatic rings. The topological polar surface area (TPSA) is 89.9 Å². The van der Waals surface area contributed by atoms with Crippen molar-refractivity contribution in [3.05, 3.63) is 46.2 Å². The number of hydrogen-bond acceptors (Lipinski definition) is 5. The van der Waals surface area contributed by atoms with Gasteiger partial charge in [0.05, 0.1) is 6.54 Å². The highest BCUT2D eigenvalue weighted by molar-refractivity contribution is 9.10. The fraction of sp³-hybridized carbons (Fsp3) is 0.214. The molecule has 2 heterocycles. The summed E-state index contributed by atoms with van der Waals surface area (Å²) in [6.45, 7) is 0.544. The molecule has 0 spiro atoms. The first kappa shape index (κ1) is 14.9. The lowest BCUT2D eigenvalue weighted by Crippen LogP contribution is -2.04. The smallest absolute Gasteiger partial charge is 0.312 e. The van der Waals surface area contributed by atoms with Gasteiger partial charge in [-0.1, -0.05) is 24.3 Å². The number of anilines is 1. The maximum absolute atomic E-state index is 13.4. The molecule has 3 rings (SSSR count). The van der Waals surface area contributed by atoms with Gasteiger partial charge in [0.25, 0.3) is 0 Å². The normalized spacial score (nSPS) is 11.2. The first-order valence-corrected chi connectivity index (χ1v) is 7.41. The zero-order valence-corrected chi connectivity index (χ0v) is 13.1. The molecule has 0 aliphatic heterocycles. The molecule has 6 nitrogen and oxygen atoms in total. The van der Waals surface area contributed by atoms with E-state index in [1.807, 2.05) is 24.3 Å². The molecule has 114 valence electrons. The number of hydrogen-bond donors (Lipinski definition) is 2. The van der Waals surface area contributed by atoms with Gasteiger partial charge in [-0.3, -0.25) is 4.57 Å². The Bertz CT molecular complexity index is 835. The van der Waals surface area contributed by atoms with Crippen molar-refractivity contribution in [2.45, 2.75) is 13.0 Å². The number of imidazole rings is 1. The molecule has 0 aliphatic carbocycles. The Labute approximate surface area is 134 Å². The average Bonchev–Trinajstić information content (AvgIpc) is 2.77.